The maximum atomic E-state index is 9.43. The fourth-order valence-electron chi connectivity index (χ4n) is 4.04. The Morgan fingerprint density at radius 1 is 1.24 bits per heavy atom. The van der Waals surface area contributed by atoms with Crippen LogP contribution in [0.5, 0.6) is 0 Å². The van der Waals surface area contributed by atoms with Crippen LogP contribution >= 0.6 is 0 Å². The zero-order valence-corrected chi connectivity index (χ0v) is 14.9. The molecule has 2 aromatic heterocycles. The Morgan fingerprint density at radius 3 is 2.88 bits per heavy atom. The van der Waals surface area contributed by atoms with Crippen molar-refractivity contribution in [3.8, 4) is 6.07 Å². The van der Waals surface area contributed by atoms with Gasteiger partial charge in [-0.15, -0.1) is 0 Å². The average molecular weight is 335 g/mol. The third kappa shape index (κ3) is 3.26. The van der Waals surface area contributed by atoms with Crippen LogP contribution in [-0.2, 0) is 6.54 Å². The molecule has 0 radical (unpaired) electrons. The van der Waals surface area contributed by atoms with Gasteiger partial charge in [0, 0.05) is 43.6 Å². The lowest BCUT2D eigenvalue weighted by Crippen LogP contribution is -2.36. The first kappa shape index (κ1) is 16.1. The van der Waals surface area contributed by atoms with E-state index >= 15 is 0 Å². The summed E-state index contributed by atoms with van der Waals surface area (Å²) in [6, 6.07) is 6.10. The number of imidazole rings is 1. The zero-order valence-electron chi connectivity index (χ0n) is 14.9. The second-order valence-corrected chi connectivity index (χ2v) is 7.46. The van der Waals surface area contributed by atoms with Crippen LogP contribution in [-0.4, -0.2) is 27.6 Å². The first-order valence-corrected chi connectivity index (χ1v) is 9.38. The molecule has 3 heterocycles. The first-order chi connectivity index (χ1) is 12.2. The van der Waals surface area contributed by atoms with Crippen molar-refractivity contribution in [3.63, 3.8) is 0 Å². The van der Waals surface area contributed by atoms with Gasteiger partial charge in [-0.3, -0.25) is 0 Å². The number of pyridine rings is 1. The smallest absolute Gasteiger partial charge is 0.146 e. The largest absolute Gasteiger partial charge is 0.355 e. The molecule has 25 heavy (non-hydrogen) atoms. The molecule has 2 aromatic rings. The van der Waals surface area contributed by atoms with E-state index in [9.17, 15) is 5.26 Å². The fourth-order valence-corrected chi connectivity index (χ4v) is 4.04. The molecule has 1 aliphatic heterocycles. The highest BCUT2D eigenvalue weighted by atomic mass is 15.2. The van der Waals surface area contributed by atoms with E-state index in [0.29, 0.717) is 11.5 Å². The van der Waals surface area contributed by atoms with Crippen LogP contribution in [0, 0.1) is 24.2 Å². The fraction of sp³-hybridized carbons (Fsp3) is 0.550. The minimum Gasteiger partial charge on any atom is -0.355 e. The number of hydrogen-bond donors (Lipinski definition) is 0. The monoisotopic (exact) mass is 335 g/mol. The normalized spacial score (nSPS) is 21.0. The van der Waals surface area contributed by atoms with Gasteiger partial charge in [0.15, 0.2) is 0 Å². The Morgan fingerprint density at radius 2 is 2.12 bits per heavy atom. The minimum atomic E-state index is 0.415. The molecule has 1 aliphatic carbocycles. The highest BCUT2D eigenvalue weighted by Gasteiger charge is 2.28. The lowest BCUT2D eigenvalue weighted by Gasteiger charge is -2.34. The molecule has 1 atom stereocenters. The van der Waals surface area contributed by atoms with Crippen molar-refractivity contribution in [1.82, 2.24) is 14.5 Å². The van der Waals surface area contributed by atoms with Gasteiger partial charge in [0.05, 0.1) is 5.56 Å². The van der Waals surface area contributed by atoms with Gasteiger partial charge in [0.2, 0.25) is 0 Å². The number of piperidine rings is 1. The Hall–Kier alpha value is -2.35. The quantitative estimate of drug-likeness (QED) is 0.856. The maximum Gasteiger partial charge on any atom is 0.146 e. The number of anilines is 1. The summed E-state index contributed by atoms with van der Waals surface area (Å²) in [4.78, 5) is 11.6. The minimum absolute atomic E-state index is 0.415. The summed E-state index contributed by atoms with van der Waals surface area (Å²) >= 11 is 0. The molecule has 2 fully saturated rings. The molecule has 0 amide bonds. The van der Waals surface area contributed by atoms with Gasteiger partial charge in [-0.05, 0) is 50.7 Å². The van der Waals surface area contributed by atoms with Crippen LogP contribution in [0.1, 0.15) is 55.1 Å². The molecule has 0 spiro atoms. The molecule has 0 unspecified atom stereocenters. The van der Waals surface area contributed by atoms with Gasteiger partial charge in [-0.25, -0.2) is 9.97 Å². The van der Waals surface area contributed by atoms with E-state index in [4.69, 9.17) is 4.98 Å². The van der Waals surface area contributed by atoms with E-state index in [-0.39, 0.29) is 0 Å². The Kier molecular flexibility index (Phi) is 4.44. The number of aryl methyl sites for hydroxylation is 1. The van der Waals surface area contributed by atoms with E-state index < -0.39 is 0 Å². The summed E-state index contributed by atoms with van der Waals surface area (Å²) in [7, 11) is 0. The summed E-state index contributed by atoms with van der Waals surface area (Å²) in [5.74, 6) is 3.29. The second kappa shape index (κ2) is 6.87. The molecule has 4 rings (SSSR count). The van der Waals surface area contributed by atoms with Crippen molar-refractivity contribution in [2.45, 2.75) is 51.5 Å². The third-order valence-electron chi connectivity index (χ3n) is 5.65. The van der Waals surface area contributed by atoms with Gasteiger partial charge in [-0.2, -0.15) is 5.26 Å². The number of nitriles is 1. The zero-order chi connectivity index (χ0) is 17.2. The van der Waals surface area contributed by atoms with E-state index in [2.05, 4.69) is 26.7 Å². The van der Waals surface area contributed by atoms with Crippen molar-refractivity contribution < 1.29 is 0 Å². The summed E-state index contributed by atoms with van der Waals surface area (Å²) in [6.07, 6.45) is 10.4. The average Bonchev–Trinajstić information content (AvgIpc) is 3.06. The molecule has 2 aliphatic rings. The molecule has 0 bridgehead atoms. The summed E-state index contributed by atoms with van der Waals surface area (Å²) in [5.41, 5.74) is 1.63. The number of aromatic nitrogens is 3. The Balaban J connectivity index is 1.55. The van der Waals surface area contributed by atoms with E-state index in [0.717, 1.165) is 49.9 Å². The van der Waals surface area contributed by atoms with Gasteiger partial charge in [0.25, 0.3) is 0 Å². The molecule has 0 N–H and O–H groups in total. The van der Waals surface area contributed by atoms with Crippen LogP contribution in [0.15, 0.2) is 24.5 Å². The topological polar surface area (TPSA) is 57.7 Å². The number of hydrogen-bond acceptors (Lipinski definition) is 4. The van der Waals surface area contributed by atoms with Crippen LogP contribution < -0.4 is 4.90 Å². The Bertz CT molecular complexity index is 784. The second-order valence-electron chi connectivity index (χ2n) is 7.46. The molecule has 0 aromatic carbocycles. The first-order valence-electron chi connectivity index (χ1n) is 9.38. The number of rotatable bonds is 4. The van der Waals surface area contributed by atoms with E-state index in [1.165, 1.54) is 25.1 Å². The van der Waals surface area contributed by atoms with E-state index in [1.54, 1.807) is 0 Å². The van der Waals surface area contributed by atoms with Gasteiger partial charge < -0.3 is 9.47 Å². The van der Waals surface area contributed by atoms with Crippen LogP contribution in [0.25, 0.3) is 0 Å². The SMILES string of the molecule is Cc1ccc(C#N)c(N2CCC[C@H](c3nccn3CC3CCC3)C2)n1. The molecule has 1 saturated heterocycles. The molecular formula is C20H25N5. The molecule has 1 saturated carbocycles. The lowest BCUT2D eigenvalue weighted by atomic mass is 9.85. The van der Waals surface area contributed by atoms with Crippen LogP contribution in [0.4, 0.5) is 5.82 Å². The standard InChI is InChI=1S/C20H25N5/c1-15-7-8-17(12-21)20(23-15)24-10-3-6-18(14-24)19-22-9-11-25(19)13-16-4-2-5-16/h7-9,11,16,18H,2-6,10,13-14H2,1H3/t18-/m0/s1. The molecule has 5 heteroatoms. The van der Waals surface area contributed by atoms with Crippen molar-refractivity contribution >= 4 is 5.82 Å². The van der Waals surface area contributed by atoms with Crippen molar-refractivity contribution in [1.29, 1.82) is 5.26 Å². The highest BCUT2D eigenvalue weighted by molar-refractivity contribution is 5.54. The van der Waals surface area contributed by atoms with Gasteiger partial charge in [0.1, 0.15) is 17.7 Å². The lowest BCUT2D eigenvalue weighted by molar-refractivity contribution is 0.270. The highest BCUT2D eigenvalue weighted by Crippen LogP contribution is 2.32. The van der Waals surface area contributed by atoms with E-state index in [1.807, 2.05) is 25.3 Å². The number of nitrogens with zero attached hydrogens (tertiary/aromatic N) is 5. The van der Waals surface area contributed by atoms with Gasteiger partial charge in [-0.1, -0.05) is 6.42 Å². The summed E-state index contributed by atoms with van der Waals surface area (Å²) in [5, 5.41) is 9.43. The van der Waals surface area contributed by atoms with Crippen molar-refractivity contribution in [2.75, 3.05) is 18.0 Å². The van der Waals surface area contributed by atoms with Crippen molar-refractivity contribution in [2.24, 2.45) is 5.92 Å². The van der Waals surface area contributed by atoms with Gasteiger partial charge >= 0.3 is 0 Å². The summed E-state index contributed by atoms with van der Waals surface area (Å²) in [6.45, 7) is 4.95. The molecule has 130 valence electrons. The predicted octanol–water partition coefficient (Wildman–Crippen LogP) is 3.64. The van der Waals surface area contributed by atoms with Crippen LogP contribution in [0.2, 0.25) is 0 Å². The third-order valence-corrected chi connectivity index (χ3v) is 5.65. The Labute approximate surface area is 149 Å². The summed E-state index contributed by atoms with van der Waals surface area (Å²) < 4.78 is 2.37. The van der Waals surface area contributed by atoms with Crippen molar-refractivity contribution in [3.05, 3.63) is 41.6 Å². The van der Waals surface area contributed by atoms with Crippen LogP contribution in [0.3, 0.4) is 0 Å². The molecular weight excluding hydrogens is 310 g/mol. The predicted molar refractivity (Wildman–Crippen MR) is 97.4 cm³/mol. The molecule has 5 nitrogen and oxygen atoms in total. The maximum absolute atomic E-state index is 9.43.